The molecule has 0 heterocycles. The maximum absolute atomic E-state index is 12.0. The van der Waals surface area contributed by atoms with Gasteiger partial charge in [0.2, 0.25) is 0 Å². The van der Waals surface area contributed by atoms with Gasteiger partial charge in [-0.05, 0) is 0 Å². The Balaban J connectivity index is 5.79. The molecule has 86 valence electrons. The van der Waals surface area contributed by atoms with Gasteiger partial charge in [0, 0.05) is 0 Å². The first-order chi connectivity index (χ1) is 5.75. The Labute approximate surface area is 75.0 Å². The zero-order chi connectivity index (χ0) is 12.0. The van der Waals surface area contributed by atoms with Crippen LogP contribution in [0.3, 0.4) is 0 Å². The fourth-order valence-electron chi connectivity index (χ4n) is 0.291. The zero-order valence-electron chi connectivity index (χ0n) is 5.78. The third-order valence-corrected chi connectivity index (χ3v) is 2.86. The maximum Gasteiger partial charge on any atom is 0.409 e. The van der Waals surface area contributed by atoms with Crippen molar-refractivity contribution >= 4 is 20.2 Å². The van der Waals surface area contributed by atoms with E-state index < -0.39 is 30.7 Å². The molecule has 0 aromatic carbocycles. The van der Waals surface area contributed by atoms with E-state index in [-0.39, 0.29) is 0 Å². The Bertz CT molecular complexity index is 377. The first-order valence-corrected chi connectivity index (χ1v) is 5.23. The molecule has 0 aliphatic rings. The van der Waals surface area contributed by atoms with Crippen LogP contribution < -0.4 is 0 Å². The summed E-state index contributed by atoms with van der Waals surface area (Å²) in [6.45, 7) is 0. The monoisotopic (exact) mass is 260 g/mol. The van der Waals surface area contributed by atoms with Gasteiger partial charge in [0.05, 0.1) is 0 Å². The second-order valence-electron chi connectivity index (χ2n) is 1.94. The molecule has 0 unspecified atom stereocenters. The van der Waals surface area contributed by atoms with Crippen molar-refractivity contribution in [1.29, 1.82) is 0 Å². The lowest BCUT2D eigenvalue weighted by atomic mass is 10.7. The van der Waals surface area contributed by atoms with Crippen LogP contribution in [0, 0.1) is 0 Å². The third-order valence-electron chi connectivity index (χ3n) is 0.967. The van der Waals surface area contributed by atoms with Crippen LogP contribution in [0.25, 0.3) is 0 Å². The van der Waals surface area contributed by atoms with Crippen LogP contribution >= 0.6 is 0 Å². The van der Waals surface area contributed by atoms with E-state index in [0.29, 0.717) is 0 Å². The summed E-state index contributed by atoms with van der Waals surface area (Å²) in [6, 6.07) is 0. The van der Waals surface area contributed by atoms with Gasteiger partial charge in [-0.2, -0.15) is 17.6 Å². The molecule has 0 saturated carbocycles. The number of hydrogen-bond acceptors (Lipinski definition) is 6. The van der Waals surface area contributed by atoms with E-state index >= 15 is 0 Å². The van der Waals surface area contributed by atoms with Gasteiger partial charge >= 0.3 is 10.5 Å². The lowest BCUT2D eigenvalue weighted by molar-refractivity contribution is -0.106. The van der Waals surface area contributed by atoms with Gasteiger partial charge in [-0.25, -0.2) is 16.8 Å². The van der Waals surface area contributed by atoms with Crippen molar-refractivity contribution in [1.82, 2.24) is 0 Å². The van der Waals surface area contributed by atoms with Crippen LogP contribution in [0.15, 0.2) is 0 Å². The summed E-state index contributed by atoms with van der Waals surface area (Å²) in [5.41, 5.74) is 0. The predicted molar refractivity (Wildman–Crippen MR) is 29.3 cm³/mol. The van der Waals surface area contributed by atoms with Crippen LogP contribution in [0.4, 0.5) is 17.6 Å². The van der Waals surface area contributed by atoms with Crippen LogP contribution in [0.1, 0.15) is 0 Å². The predicted octanol–water partition coefficient (Wildman–Crippen LogP) is -0.738. The Morgan fingerprint density at radius 3 is 0.929 bits per heavy atom. The van der Waals surface area contributed by atoms with Crippen molar-refractivity contribution < 1.29 is 43.5 Å². The molecule has 0 aromatic rings. The molecule has 14 heavy (non-hydrogen) atoms. The minimum absolute atomic E-state index is 6.50. The highest BCUT2D eigenvalue weighted by molar-refractivity contribution is 7.91. The molecular formula is C2F4O6S2-2. The van der Waals surface area contributed by atoms with E-state index in [4.69, 9.17) is 0 Å². The third kappa shape index (κ3) is 1.82. The van der Waals surface area contributed by atoms with Crippen molar-refractivity contribution in [2.24, 2.45) is 0 Å². The van der Waals surface area contributed by atoms with E-state index in [1.807, 2.05) is 0 Å². The molecular weight excluding hydrogens is 260 g/mol. The summed E-state index contributed by atoms with van der Waals surface area (Å²) in [5.74, 6) is 0. The molecule has 0 saturated heterocycles. The fourth-order valence-corrected chi connectivity index (χ4v) is 1.49. The van der Waals surface area contributed by atoms with Crippen molar-refractivity contribution in [3.8, 4) is 0 Å². The highest BCUT2D eigenvalue weighted by atomic mass is 32.2. The van der Waals surface area contributed by atoms with Crippen molar-refractivity contribution in [3.05, 3.63) is 0 Å². The summed E-state index contributed by atoms with van der Waals surface area (Å²) in [4.78, 5) is 0. The summed E-state index contributed by atoms with van der Waals surface area (Å²) in [6.07, 6.45) is 0. The van der Waals surface area contributed by atoms with Crippen LogP contribution in [-0.4, -0.2) is 36.5 Å². The topological polar surface area (TPSA) is 114 Å². The van der Waals surface area contributed by atoms with Crippen LogP contribution in [0.5, 0.6) is 0 Å². The first kappa shape index (κ1) is 13.5. The summed E-state index contributed by atoms with van der Waals surface area (Å²) >= 11 is 0. The summed E-state index contributed by atoms with van der Waals surface area (Å²) in [7, 11) is -13.9. The number of hydrogen-bond donors (Lipinski definition) is 0. The van der Waals surface area contributed by atoms with E-state index in [9.17, 15) is 43.5 Å². The van der Waals surface area contributed by atoms with Crippen LogP contribution in [-0.2, 0) is 20.2 Å². The maximum atomic E-state index is 12.0. The number of halogens is 4. The summed E-state index contributed by atoms with van der Waals surface area (Å²) < 4.78 is 105. The second-order valence-corrected chi connectivity index (χ2v) is 4.78. The average Bonchev–Trinajstić information content (AvgIpc) is 1.81. The molecule has 0 atom stereocenters. The molecule has 6 nitrogen and oxygen atoms in total. The largest absolute Gasteiger partial charge is 0.743 e. The van der Waals surface area contributed by atoms with Crippen molar-refractivity contribution in [2.45, 2.75) is 10.5 Å². The quantitative estimate of drug-likeness (QED) is 0.487. The molecule has 0 aromatic heterocycles. The summed E-state index contributed by atoms with van der Waals surface area (Å²) in [5, 5.41) is -13.0. The standard InChI is InChI=1S/C2H2F4O6S2/c3-1(4,13(7,8)9)2(5,6)14(10,11)12/h(H,7,8,9)(H,10,11,12)/p-2. The molecule has 0 N–H and O–H groups in total. The molecule has 0 rings (SSSR count). The first-order valence-electron chi connectivity index (χ1n) is 2.41. The zero-order valence-corrected chi connectivity index (χ0v) is 7.41. The average molecular weight is 260 g/mol. The molecule has 0 amide bonds. The molecule has 0 aliphatic heterocycles. The van der Waals surface area contributed by atoms with E-state index in [0.717, 1.165) is 0 Å². The fraction of sp³-hybridized carbons (Fsp3) is 1.00. The molecule has 12 heteroatoms. The Morgan fingerprint density at radius 2 is 0.857 bits per heavy atom. The second kappa shape index (κ2) is 3.01. The van der Waals surface area contributed by atoms with E-state index in [1.54, 1.807) is 0 Å². The van der Waals surface area contributed by atoms with Gasteiger partial charge in [0.15, 0.2) is 20.2 Å². The van der Waals surface area contributed by atoms with Gasteiger partial charge in [0.1, 0.15) is 0 Å². The lowest BCUT2D eigenvalue weighted by Crippen LogP contribution is -2.51. The Kier molecular flexibility index (Phi) is 2.91. The van der Waals surface area contributed by atoms with Crippen molar-refractivity contribution in [3.63, 3.8) is 0 Å². The Hall–Kier alpha value is -0.460. The Morgan fingerprint density at radius 1 is 0.714 bits per heavy atom. The van der Waals surface area contributed by atoms with Gasteiger partial charge in [-0.3, -0.25) is 0 Å². The lowest BCUT2D eigenvalue weighted by Gasteiger charge is -2.29. The molecule has 0 spiro atoms. The number of rotatable bonds is 3. The van der Waals surface area contributed by atoms with Gasteiger partial charge in [0.25, 0.3) is 0 Å². The number of alkyl halides is 4. The molecule has 0 aliphatic carbocycles. The SMILES string of the molecule is O=S(=O)([O-])C(F)(F)C(F)(F)S(=O)(=O)[O-]. The van der Waals surface area contributed by atoms with E-state index in [2.05, 4.69) is 0 Å². The van der Waals surface area contributed by atoms with Gasteiger partial charge < -0.3 is 9.11 Å². The van der Waals surface area contributed by atoms with E-state index in [1.165, 1.54) is 0 Å². The minimum atomic E-state index is -6.96. The highest BCUT2D eigenvalue weighted by Gasteiger charge is 2.66. The van der Waals surface area contributed by atoms with Crippen molar-refractivity contribution in [2.75, 3.05) is 0 Å². The van der Waals surface area contributed by atoms with Gasteiger partial charge in [-0.1, -0.05) is 0 Å². The smallest absolute Gasteiger partial charge is 0.409 e. The van der Waals surface area contributed by atoms with Crippen LogP contribution in [0.2, 0.25) is 0 Å². The molecule has 0 bridgehead atoms. The molecule has 0 radical (unpaired) electrons. The molecule has 0 fully saturated rings. The highest BCUT2D eigenvalue weighted by Crippen LogP contribution is 2.41. The minimum Gasteiger partial charge on any atom is -0.743 e. The van der Waals surface area contributed by atoms with Gasteiger partial charge in [-0.15, -0.1) is 0 Å². The normalized spacial score (nSPS) is 15.6.